The lowest BCUT2D eigenvalue weighted by molar-refractivity contribution is 0.696. The van der Waals surface area contributed by atoms with Gasteiger partial charge in [-0.15, -0.1) is 11.3 Å². The van der Waals surface area contributed by atoms with Crippen LogP contribution in [0.5, 0.6) is 0 Å². The number of nitrogens with zero attached hydrogens (tertiary/aromatic N) is 2. The fraction of sp³-hybridized carbons (Fsp3) is 0.200. The largest absolute Gasteiger partial charge is 0.308 e. The monoisotopic (exact) mass is 205 g/mol. The van der Waals surface area contributed by atoms with Crippen LogP contribution in [0.2, 0.25) is 0 Å². The van der Waals surface area contributed by atoms with E-state index in [0.29, 0.717) is 0 Å². The van der Waals surface area contributed by atoms with Gasteiger partial charge in [0.25, 0.3) is 0 Å². The summed E-state index contributed by atoms with van der Waals surface area (Å²) in [5, 5.41) is 5.42. The van der Waals surface area contributed by atoms with Crippen molar-refractivity contribution in [3.63, 3.8) is 0 Å². The number of rotatable bonds is 4. The second-order valence-corrected chi connectivity index (χ2v) is 3.96. The number of nitrogens with one attached hydrogen (secondary N) is 1. The predicted octanol–water partition coefficient (Wildman–Crippen LogP) is 1.83. The summed E-state index contributed by atoms with van der Waals surface area (Å²) in [6.45, 7) is 1.73. The van der Waals surface area contributed by atoms with E-state index >= 15 is 0 Å². The van der Waals surface area contributed by atoms with Crippen LogP contribution in [-0.2, 0) is 13.1 Å². The molecule has 0 atom stereocenters. The van der Waals surface area contributed by atoms with Gasteiger partial charge in [-0.05, 0) is 11.4 Å². The molecule has 2 heterocycles. The highest BCUT2D eigenvalue weighted by Gasteiger charge is 1.94. The molecule has 0 bridgehead atoms. The molecule has 2 rings (SSSR count). The van der Waals surface area contributed by atoms with Crippen molar-refractivity contribution in [3.8, 4) is 0 Å². The van der Waals surface area contributed by atoms with Gasteiger partial charge < -0.3 is 5.32 Å². The Morgan fingerprint density at radius 3 is 2.79 bits per heavy atom. The van der Waals surface area contributed by atoms with Gasteiger partial charge in [0.1, 0.15) is 6.33 Å². The first-order chi connectivity index (χ1) is 6.95. The molecular weight excluding hydrogens is 194 g/mol. The summed E-state index contributed by atoms with van der Waals surface area (Å²) in [7, 11) is 0. The third-order valence-corrected chi connectivity index (χ3v) is 2.70. The minimum atomic E-state index is 0.818. The first-order valence-corrected chi connectivity index (χ1v) is 5.30. The zero-order valence-corrected chi connectivity index (χ0v) is 8.50. The van der Waals surface area contributed by atoms with E-state index in [4.69, 9.17) is 0 Å². The molecule has 0 saturated carbocycles. The summed E-state index contributed by atoms with van der Waals surface area (Å²) in [5.41, 5.74) is 1.11. The molecular formula is C10H11N3S. The topological polar surface area (TPSA) is 37.8 Å². The Hall–Kier alpha value is -1.26. The second kappa shape index (κ2) is 4.83. The van der Waals surface area contributed by atoms with Crippen molar-refractivity contribution in [2.45, 2.75) is 13.1 Å². The Bertz CT molecular complexity index is 358. The van der Waals surface area contributed by atoms with Crippen molar-refractivity contribution in [2.24, 2.45) is 0 Å². The first-order valence-electron chi connectivity index (χ1n) is 4.42. The third-order valence-electron chi connectivity index (χ3n) is 1.82. The molecule has 0 unspecified atom stereocenters. The lowest BCUT2D eigenvalue weighted by Gasteiger charge is -2.01. The molecule has 2 aromatic rings. The van der Waals surface area contributed by atoms with Crippen molar-refractivity contribution in [2.75, 3.05) is 0 Å². The van der Waals surface area contributed by atoms with E-state index in [1.165, 1.54) is 4.88 Å². The molecule has 0 spiro atoms. The SMILES string of the molecule is c1csc(CNCc2cncnc2)c1. The van der Waals surface area contributed by atoms with Crippen LogP contribution < -0.4 is 5.32 Å². The Labute approximate surface area is 86.8 Å². The maximum atomic E-state index is 3.95. The van der Waals surface area contributed by atoms with E-state index < -0.39 is 0 Å². The molecule has 0 fully saturated rings. The van der Waals surface area contributed by atoms with Crippen LogP contribution >= 0.6 is 11.3 Å². The number of aromatic nitrogens is 2. The summed E-state index contributed by atoms with van der Waals surface area (Å²) in [6, 6.07) is 4.19. The minimum absolute atomic E-state index is 0.818. The predicted molar refractivity (Wildman–Crippen MR) is 56.9 cm³/mol. The fourth-order valence-electron chi connectivity index (χ4n) is 1.16. The van der Waals surface area contributed by atoms with E-state index in [9.17, 15) is 0 Å². The number of thiophene rings is 1. The molecule has 72 valence electrons. The normalized spacial score (nSPS) is 10.3. The Balaban J connectivity index is 1.79. The van der Waals surface area contributed by atoms with Crippen molar-refractivity contribution >= 4 is 11.3 Å². The first kappa shape index (κ1) is 9.30. The van der Waals surface area contributed by atoms with Gasteiger partial charge in [-0.1, -0.05) is 6.07 Å². The van der Waals surface area contributed by atoms with Gasteiger partial charge in [-0.3, -0.25) is 0 Å². The maximum Gasteiger partial charge on any atom is 0.115 e. The van der Waals surface area contributed by atoms with Crippen molar-refractivity contribution in [1.82, 2.24) is 15.3 Å². The van der Waals surface area contributed by atoms with E-state index in [-0.39, 0.29) is 0 Å². The quantitative estimate of drug-likeness (QED) is 0.827. The molecule has 2 aromatic heterocycles. The molecule has 0 aliphatic carbocycles. The zero-order valence-electron chi connectivity index (χ0n) is 7.68. The summed E-state index contributed by atoms with van der Waals surface area (Å²) >= 11 is 1.76. The molecule has 3 nitrogen and oxygen atoms in total. The Morgan fingerprint density at radius 2 is 2.07 bits per heavy atom. The van der Waals surface area contributed by atoms with Crippen LogP contribution in [0.25, 0.3) is 0 Å². The number of hydrogen-bond donors (Lipinski definition) is 1. The van der Waals surface area contributed by atoms with Gasteiger partial charge in [-0.2, -0.15) is 0 Å². The van der Waals surface area contributed by atoms with Crippen molar-refractivity contribution in [3.05, 3.63) is 46.7 Å². The standard InChI is InChI=1S/C10H11N3S/c1-2-10(14-3-1)7-11-4-9-5-12-8-13-6-9/h1-3,5-6,8,11H,4,7H2. The molecule has 0 saturated heterocycles. The van der Waals surface area contributed by atoms with E-state index in [1.807, 2.05) is 12.4 Å². The van der Waals surface area contributed by atoms with Gasteiger partial charge in [0.15, 0.2) is 0 Å². The van der Waals surface area contributed by atoms with Gasteiger partial charge in [0, 0.05) is 35.9 Å². The van der Waals surface area contributed by atoms with Gasteiger partial charge in [0.05, 0.1) is 0 Å². The van der Waals surface area contributed by atoms with Crippen LogP contribution in [-0.4, -0.2) is 9.97 Å². The molecule has 0 radical (unpaired) electrons. The van der Waals surface area contributed by atoms with Crippen LogP contribution in [0, 0.1) is 0 Å². The minimum Gasteiger partial charge on any atom is -0.308 e. The molecule has 14 heavy (non-hydrogen) atoms. The zero-order chi connectivity index (χ0) is 9.64. The van der Waals surface area contributed by atoms with E-state index in [1.54, 1.807) is 17.7 Å². The average molecular weight is 205 g/mol. The Kier molecular flexibility index (Phi) is 3.21. The lowest BCUT2D eigenvalue weighted by atomic mass is 10.3. The maximum absolute atomic E-state index is 3.95. The van der Waals surface area contributed by atoms with Gasteiger partial charge in [0.2, 0.25) is 0 Å². The van der Waals surface area contributed by atoms with Crippen molar-refractivity contribution in [1.29, 1.82) is 0 Å². The highest BCUT2D eigenvalue weighted by molar-refractivity contribution is 7.09. The molecule has 4 heteroatoms. The summed E-state index contributed by atoms with van der Waals surface area (Å²) < 4.78 is 0. The molecule has 0 aliphatic rings. The van der Waals surface area contributed by atoms with Crippen LogP contribution in [0.4, 0.5) is 0 Å². The summed E-state index contributed by atoms with van der Waals surface area (Å²) in [4.78, 5) is 9.25. The van der Waals surface area contributed by atoms with Crippen LogP contribution in [0.15, 0.2) is 36.2 Å². The molecule has 0 amide bonds. The van der Waals surface area contributed by atoms with Gasteiger partial charge >= 0.3 is 0 Å². The highest BCUT2D eigenvalue weighted by atomic mass is 32.1. The fourth-order valence-corrected chi connectivity index (χ4v) is 1.84. The highest BCUT2D eigenvalue weighted by Crippen LogP contribution is 2.07. The van der Waals surface area contributed by atoms with Crippen LogP contribution in [0.3, 0.4) is 0 Å². The van der Waals surface area contributed by atoms with Crippen molar-refractivity contribution < 1.29 is 0 Å². The van der Waals surface area contributed by atoms with E-state index in [0.717, 1.165) is 18.7 Å². The Morgan fingerprint density at radius 1 is 1.21 bits per heavy atom. The lowest BCUT2D eigenvalue weighted by Crippen LogP contribution is -2.11. The van der Waals surface area contributed by atoms with E-state index in [2.05, 4.69) is 32.8 Å². The molecule has 1 N–H and O–H groups in total. The molecule has 0 aromatic carbocycles. The van der Waals surface area contributed by atoms with Crippen LogP contribution in [0.1, 0.15) is 10.4 Å². The second-order valence-electron chi connectivity index (χ2n) is 2.93. The number of hydrogen-bond acceptors (Lipinski definition) is 4. The third kappa shape index (κ3) is 2.61. The van der Waals surface area contributed by atoms with Gasteiger partial charge in [-0.25, -0.2) is 9.97 Å². The summed E-state index contributed by atoms with van der Waals surface area (Å²) in [6.07, 6.45) is 5.20. The summed E-state index contributed by atoms with van der Waals surface area (Å²) in [5.74, 6) is 0. The average Bonchev–Trinajstić information content (AvgIpc) is 2.72. The molecule has 0 aliphatic heterocycles. The smallest absolute Gasteiger partial charge is 0.115 e.